The number of aromatic amines is 1. The number of H-pyrrole nitrogens is 1. The van der Waals surface area contributed by atoms with Gasteiger partial charge in [0.1, 0.15) is 18.5 Å². The Morgan fingerprint density at radius 3 is 2.65 bits per heavy atom. The maximum absolute atomic E-state index is 13.5. The summed E-state index contributed by atoms with van der Waals surface area (Å²) in [5, 5.41) is 22.2. The zero-order chi connectivity index (χ0) is 28.1. The van der Waals surface area contributed by atoms with Crippen LogP contribution < -0.4 is 4.40 Å². The summed E-state index contributed by atoms with van der Waals surface area (Å²) in [4.78, 5) is 44.8. The van der Waals surface area contributed by atoms with Crippen molar-refractivity contribution < 1.29 is 28.8 Å². The number of non-ortho nitro benzene ring substituents is 1. The van der Waals surface area contributed by atoms with Gasteiger partial charge in [-0.15, -0.1) is 0 Å². The van der Waals surface area contributed by atoms with Gasteiger partial charge in [0, 0.05) is 28.5 Å². The Bertz CT molecular complexity index is 1660. The number of benzene rings is 2. The van der Waals surface area contributed by atoms with Crippen molar-refractivity contribution in [2.45, 2.75) is 42.5 Å². The molecule has 2 aliphatic rings. The molecule has 10 nitrogen and oxygen atoms in total. The molecule has 1 saturated heterocycles. The molecule has 4 aromatic rings. The average molecular weight is 578 g/mol. The molecule has 0 unspecified atom stereocenters. The molecule has 12 heteroatoms. The summed E-state index contributed by atoms with van der Waals surface area (Å²) in [7, 11) is 0. The van der Waals surface area contributed by atoms with E-state index < -0.39 is 22.9 Å². The quantitative estimate of drug-likeness (QED) is 0.106. The van der Waals surface area contributed by atoms with Gasteiger partial charge in [0.15, 0.2) is 0 Å². The Kier molecular flexibility index (Phi) is 6.69. The minimum Gasteiger partial charge on any atom is -0.456 e. The SMILES string of the molecule is C[C@@H](O)[C@H]1C(=O)N2C(C(=O)OCc3ccc([N+](=O)[O-])cc3)=C(c3c[n+]4c[nH]c(Sc5ccccc5)c4s3)[C@H](C)[C@H]12. The van der Waals surface area contributed by atoms with Crippen molar-refractivity contribution in [3.05, 3.63) is 93.4 Å². The number of aromatic nitrogens is 2. The largest absolute Gasteiger partial charge is 0.456 e. The number of ether oxygens (including phenoxy) is 1. The number of amides is 1. The van der Waals surface area contributed by atoms with E-state index in [0.717, 1.165) is 19.6 Å². The molecule has 0 aliphatic carbocycles. The molecular weight excluding hydrogens is 552 g/mol. The third-order valence-corrected chi connectivity index (χ3v) is 9.64. The van der Waals surface area contributed by atoms with Gasteiger partial charge in [0.25, 0.3) is 5.69 Å². The van der Waals surface area contributed by atoms with Gasteiger partial charge >= 0.3 is 5.97 Å². The van der Waals surface area contributed by atoms with Crippen LogP contribution >= 0.6 is 23.1 Å². The second kappa shape index (κ2) is 10.2. The van der Waals surface area contributed by atoms with E-state index in [2.05, 4.69) is 4.98 Å². The van der Waals surface area contributed by atoms with Gasteiger partial charge in [-0.25, -0.2) is 9.78 Å². The van der Waals surface area contributed by atoms with E-state index >= 15 is 0 Å². The number of thiazole rings is 1. The van der Waals surface area contributed by atoms with Crippen molar-refractivity contribution in [3.8, 4) is 0 Å². The van der Waals surface area contributed by atoms with Crippen molar-refractivity contribution in [1.82, 2.24) is 9.88 Å². The zero-order valence-electron chi connectivity index (χ0n) is 21.5. The van der Waals surface area contributed by atoms with E-state index in [1.165, 1.54) is 40.5 Å². The summed E-state index contributed by atoms with van der Waals surface area (Å²) in [6, 6.07) is 15.4. The lowest BCUT2D eigenvalue weighted by Gasteiger charge is -2.46. The Morgan fingerprint density at radius 2 is 1.98 bits per heavy atom. The number of nitrogens with zero attached hydrogens (tertiary/aromatic N) is 3. The van der Waals surface area contributed by atoms with E-state index in [1.54, 1.807) is 18.7 Å². The van der Waals surface area contributed by atoms with E-state index in [4.69, 9.17) is 4.74 Å². The van der Waals surface area contributed by atoms with Crippen LogP contribution in [0, 0.1) is 22.0 Å². The molecule has 1 fully saturated rings. The highest BCUT2D eigenvalue weighted by Gasteiger charge is 2.60. The summed E-state index contributed by atoms with van der Waals surface area (Å²) >= 11 is 3.12. The lowest BCUT2D eigenvalue weighted by molar-refractivity contribution is -0.507. The molecule has 0 spiro atoms. The molecule has 0 bridgehead atoms. The molecule has 0 radical (unpaired) electrons. The van der Waals surface area contributed by atoms with Gasteiger partial charge in [0.2, 0.25) is 22.1 Å². The maximum Gasteiger partial charge on any atom is 0.355 e. The molecule has 2 N–H and O–H groups in total. The number of hydrogen-bond donors (Lipinski definition) is 2. The second-order valence-corrected chi connectivity index (χ2v) is 12.0. The topological polar surface area (TPSA) is 130 Å². The molecule has 2 aliphatic heterocycles. The first-order valence-corrected chi connectivity index (χ1v) is 14.3. The molecule has 1 amide bonds. The van der Waals surface area contributed by atoms with E-state index in [0.29, 0.717) is 11.1 Å². The van der Waals surface area contributed by atoms with Crippen molar-refractivity contribution in [3.63, 3.8) is 0 Å². The number of nitro benzene ring substituents is 1. The second-order valence-electron chi connectivity index (χ2n) is 9.84. The number of nitro groups is 1. The first-order chi connectivity index (χ1) is 19.2. The van der Waals surface area contributed by atoms with Crippen LogP contribution in [-0.4, -0.2) is 43.9 Å². The molecule has 6 rings (SSSR count). The Labute approximate surface area is 237 Å². The fourth-order valence-corrected chi connectivity index (χ4v) is 7.65. The van der Waals surface area contributed by atoms with Gasteiger partial charge < -0.3 is 14.7 Å². The van der Waals surface area contributed by atoms with Gasteiger partial charge in [-0.05, 0) is 48.5 Å². The number of aliphatic hydroxyl groups excluding tert-OH is 1. The number of rotatable bonds is 8. The summed E-state index contributed by atoms with van der Waals surface area (Å²) in [6.07, 6.45) is 2.94. The van der Waals surface area contributed by atoms with Crippen LogP contribution in [-0.2, 0) is 20.9 Å². The number of imidazole rings is 1. The summed E-state index contributed by atoms with van der Waals surface area (Å²) in [5.41, 5.74) is 1.43. The Morgan fingerprint density at radius 1 is 1.25 bits per heavy atom. The third-order valence-electron chi connectivity index (χ3n) is 7.34. The first-order valence-electron chi connectivity index (χ1n) is 12.7. The van der Waals surface area contributed by atoms with Gasteiger partial charge in [-0.1, -0.05) is 36.5 Å². The average Bonchev–Trinajstić information content (AvgIpc) is 3.58. The van der Waals surface area contributed by atoms with Crippen LogP contribution in [0.1, 0.15) is 24.3 Å². The van der Waals surface area contributed by atoms with Crippen molar-refractivity contribution in [2.24, 2.45) is 11.8 Å². The maximum atomic E-state index is 13.5. The summed E-state index contributed by atoms with van der Waals surface area (Å²) in [6.45, 7) is 3.45. The van der Waals surface area contributed by atoms with Crippen LogP contribution in [0.15, 0.2) is 82.7 Å². The number of aliphatic hydroxyl groups is 1. The van der Waals surface area contributed by atoms with E-state index in [1.807, 2.05) is 54.2 Å². The molecule has 204 valence electrons. The first kappa shape index (κ1) is 26.2. The summed E-state index contributed by atoms with van der Waals surface area (Å²) in [5.74, 6) is -1.77. The smallest absolute Gasteiger partial charge is 0.355 e. The number of nitrogens with one attached hydrogen (secondary N) is 1. The fourth-order valence-electron chi connectivity index (χ4n) is 5.44. The number of carbonyl (C=O) groups is 2. The standard InChI is InChI=1S/C28H24N4O6S2/c1-15-21(20-12-30-14-29-25(27(30)40-20)39-19-6-4-3-5-7-19)24(31-23(15)22(16(2)33)26(31)34)28(35)38-13-17-8-10-18(11-9-17)32(36)37/h3-12,14-16,22-23,33H,13H2,1-2H3/p+1/t15-,16+,22+,23+/m0/s1. The normalized spacial score (nSPS) is 20.9. The molecule has 2 aromatic carbocycles. The number of esters is 1. The Balaban J connectivity index is 1.34. The number of carbonyl (C=O) groups excluding carboxylic acids is 2. The number of hydrogen-bond acceptors (Lipinski definition) is 8. The minimum absolute atomic E-state index is 0.0565. The lowest BCUT2D eigenvalue weighted by Crippen LogP contribution is -2.63. The molecule has 40 heavy (non-hydrogen) atoms. The van der Waals surface area contributed by atoms with Crippen LogP contribution in [0.2, 0.25) is 0 Å². The fraction of sp³-hybridized carbons (Fsp3) is 0.250. The van der Waals surface area contributed by atoms with E-state index in [9.17, 15) is 24.8 Å². The van der Waals surface area contributed by atoms with Gasteiger partial charge in [0.05, 0.1) is 27.9 Å². The Hall–Kier alpha value is -4.00. The van der Waals surface area contributed by atoms with Crippen LogP contribution in [0.3, 0.4) is 0 Å². The van der Waals surface area contributed by atoms with Crippen molar-refractivity contribution >= 4 is 51.1 Å². The molecule has 2 aromatic heterocycles. The third kappa shape index (κ3) is 4.37. The highest BCUT2D eigenvalue weighted by Crippen LogP contribution is 2.51. The van der Waals surface area contributed by atoms with E-state index in [-0.39, 0.29) is 35.9 Å². The highest BCUT2D eigenvalue weighted by atomic mass is 32.2. The number of β-lactam (4-membered cyclic amide) rings is 1. The minimum atomic E-state index is -0.851. The predicted molar refractivity (Wildman–Crippen MR) is 147 cm³/mol. The van der Waals surface area contributed by atoms with Gasteiger partial charge in [-0.2, -0.15) is 4.40 Å². The summed E-state index contributed by atoms with van der Waals surface area (Å²) < 4.78 is 7.60. The lowest BCUT2D eigenvalue weighted by atomic mass is 9.77. The molecular formula is C28H25N4O6S2+. The monoisotopic (exact) mass is 577 g/mol. The zero-order valence-corrected chi connectivity index (χ0v) is 23.1. The van der Waals surface area contributed by atoms with Crippen LogP contribution in [0.25, 0.3) is 10.4 Å². The van der Waals surface area contributed by atoms with Crippen LogP contribution in [0.4, 0.5) is 5.69 Å². The van der Waals surface area contributed by atoms with Crippen LogP contribution in [0.5, 0.6) is 0 Å². The predicted octanol–water partition coefficient (Wildman–Crippen LogP) is 4.19. The van der Waals surface area contributed by atoms with Crippen molar-refractivity contribution in [2.75, 3.05) is 0 Å². The highest BCUT2D eigenvalue weighted by molar-refractivity contribution is 7.99. The number of fused-ring (bicyclic) bond motifs is 2. The molecule has 4 heterocycles. The van der Waals surface area contributed by atoms with Crippen molar-refractivity contribution in [1.29, 1.82) is 0 Å². The molecule has 0 saturated carbocycles. The molecule has 4 atom stereocenters. The van der Waals surface area contributed by atoms with Gasteiger partial charge in [-0.3, -0.25) is 14.9 Å².